The number of likely N-dealkylation sites (tertiary alicyclic amines) is 1. The minimum atomic E-state index is -4.47. The number of guanidine groups is 1. The molecule has 0 radical (unpaired) electrons. The first-order valence-electron chi connectivity index (χ1n) is 8.39. The van der Waals surface area contributed by atoms with E-state index in [1.165, 1.54) is 0 Å². The summed E-state index contributed by atoms with van der Waals surface area (Å²) < 4.78 is 37.9. The van der Waals surface area contributed by atoms with E-state index in [0.717, 1.165) is 44.3 Å². The van der Waals surface area contributed by atoms with Crippen molar-refractivity contribution < 1.29 is 13.2 Å². The van der Waals surface area contributed by atoms with Gasteiger partial charge in [-0.25, -0.2) is 9.97 Å². The average Bonchev–Trinajstić information content (AvgIpc) is 2.90. The number of nitrogens with zero attached hydrogens (tertiary/aromatic N) is 4. The molecule has 0 amide bonds. The molecule has 26 heavy (non-hydrogen) atoms. The summed E-state index contributed by atoms with van der Waals surface area (Å²) in [6.07, 6.45) is -2.27. The molecule has 0 aromatic carbocycles. The summed E-state index contributed by atoms with van der Waals surface area (Å²) in [6, 6.07) is 0.849. The molecule has 0 saturated carbocycles. The Kier molecular flexibility index (Phi) is 8.35. The molecule has 10 heteroatoms. The number of halogens is 4. The summed E-state index contributed by atoms with van der Waals surface area (Å²) in [4.78, 5) is 14.0. The Morgan fingerprint density at radius 2 is 2.12 bits per heavy atom. The van der Waals surface area contributed by atoms with Crippen LogP contribution in [0.15, 0.2) is 17.3 Å². The molecule has 148 valence electrons. The van der Waals surface area contributed by atoms with Crippen molar-refractivity contribution in [3.63, 3.8) is 0 Å². The zero-order chi connectivity index (χ0) is 18.5. The van der Waals surface area contributed by atoms with Gasteiger partial charge in [-0.3, -0.25) is 4.99 Å². The van der Waals surface area contributed by atoms with E-state index in [4.69, 9.17) is 0 Å². The van der Waals surface area contributed by atoms with E-state index in [9.17, 15) is 13.2 Å². The van der Waals surface area contributed by atoms with Crippen LogP contribution < -0.4 is 10.6 Å². The van der Waals surface area contributed by atoms with E-state index in [1.54, 1.807) is 0 Å². The molecular formula is C16H26F3IN6. The van der Waals surface area contributed by atoms with Crippen LogP contribution in [0.1, 0.15) is 32.9 Å². The third-order valence-corrected chi connectivity index (χ3v) is 3.91. The molecular weight excluding hydrogens is 460 g/mol. The van der Waals surface area contributed by atoms with Gasteiger partial charge in [0.05, 0.1) is 6.54 Å². The number of hydrogen-bond acceptors (Lipinski definition) is 4. The van der Waals surface area contributed by atoms with E-state index in [0.29, 0.717) is 13.1 Å². The monoisotopic (exact) mass is 486 g/mol. The first-order valence-corrected chi connectivity index (χ1v) is 8.39. The molecule has 1 aromatic heterocycles. The molecule has 1 aliphatic rings. The lowest BCUT2D eigenvalue weighted by Crippen LogP contribution is -2.41. The van der Waals surface area contributed by atoms with Gasteiger partial charge in [-0.1, -0.05) is 13.8 Å². The zero-order valence-corrected chi connectivity index (χ0v) is 17.6. The van der Waals surface area contributed by atoms with E-state index >= 15 is 0 Å². The highest BCUT2D eigenvalue weighted by Gasteiger charge is 2.33. The number of nitrogens with one attached hydrogen (secondary N) is 2. The second kappa shape index (κ2) is 9.56. The number of aliphatic imine (C=N–C) groups is 1. The predicted octanol–water partition coefficient (Wildman–Crippen LogP) is 3.22. The smallest absolute Gasteiger partial charge is 0.357 e. The molecule has 0 spiro atoms. The van der Waals surface area contributed by atoms with E-state index in [-0.39, 0.29) is 35.3 Å². The van der Waals surface area contributed by atoms with Gasteiger partial charge in [0, 0.05) is 32.4 Å². The van der Waals surface area contributed by atoms with Gasteiger partial charge in [0.1, 0.15) is 5.69 Å². The second-order valence-electron chi connectivity index (χ2n) is 6.76. The van der Waals surface area contributed by atoms with Crippen molar-refractivity contribution in [2.24, 2.45) is 10.4 Å². The molecule has 0 unspecified atom stereocenters. The number of alkyl halides is 3. The van der Waals surface area contributed by atoms with Gasteiger partial charge in [-0.15, -0.1) is 24.0 Å². The number of aromatic nitrogens is 2. The number of hydrogen-bond donors (Lipinski definition) is 2. The Hall–Kier alpha value is -1.33. The van der Waals surface area contributed by atoms with Crippen molar-refractivity contribution in [1.29, 1.82) is 0 Å². The second-order valence-corrected chi connectivity index (χ2v) is 6.76. The summed E-state index contributed by atoms with van der Waals surface area (Å²) in [7, 11) is 0. The van der Waals surface area contributed by atoms with Crippen LogP contribution >= 0.6 is 24.0 Å². The van der Waals surface area contributed by atoms with Crippen molar-refractivity contribution in [2.75, 3.05) is 38.0 Å². The molecule has 2 N–H and O–H groups in total. The Bertz CT molecular complexity index is 606. The highest BCUT2D eigenvalue weighted by atomic mass is 127. The Balaban J connectivity index is 0.00000338. The first kappa shape index (κ1) is 22.7. The van der Waals surface area contributed by atoms with E-state index in [1.807, 2.05) is 6.92 Å². The zero-order valence-electron chi connectivity index (χ0n) is 15.2. The Morgan fingerprint density at radius 1 is 1.38 bits per heavy atom. The van der Waals surface area contributed by atoms with Crippen LogP contribution in [-0.4, -0.2) is 53.6 Å². The van der Waals surface area contributed by atoms with Crippen molar-refractivity contribution in [2.45, 2.75) is 33.4 Å². The summed E-state index contributed by atoms with van der Waals surface area (Å²) in [5, 5.41) is 6.04. The Labute approximate surface area is 169 Å². The largest absolute Gasteiger partial charge is 0.433 e. The quantitative estimate of drug-likeness (QED) is 0.290. The van der Waals surface area contributed by atoms with Gasteiger partial charge < -0.3 is 15.5 Å². The highest BCUT2D eigenvalue weighted by molar-refractivity contribution is 14.0. The maximum atomic E-state index is 12.6. The molecule has 0 atom stereocenters. The lowest BCUT2D eigenvalue weighted by Gasteiger charge is -2.23. The summed E-state index contributed by atoms with van der Waals surface area (Å²) >= 11 is 0. The molecule has 1 fully saturated rings. The van der Waals surface area contributed by atoms with E-state index in [2.05, 4.69) is 44.3 Å². The van der Waals surface area contributed by atoms with Gasteiger partial charge in [0.25, 0.3) is 0 Å². The minimum Gasteiger partial charge on any atom is -0.357 e. The van der Waals surface area contributed by atoms with Crippen molar-refractivity contribution >= 4 is 35.9 Å². The lowest BCUT2D eigenvalue weighted by molar-refractivity contribution is -0.141. The maximum Gasteiger partial charge on any atom is 0.433 e. The van der Waals surface area contributed by atoms with Crippen LogP contribution in [-0.2, 0) is 6.18 Å². The highest BCUT2D eigenvalue weighted by Crippen LogP contribution is 2.29. The SMILES string of the molecule is CCNC(=NCCNc1nccc(C(F)(F)F)n1)N1CCC(C)(C)C1.I. The average molecular weight is 486 g/mol. The van der Waals surface area contributed by atoms with Gasteiger partial charge in [-0.05, 0) is 24.8 Å². The predicted molar refractivity (Wildman–Crippen MR) is 107 cm³/mol. The van der Waals surface area contributed by atoms with Gasteiger partial charge in [0.2, 0.25) is 5.95 Å². The van der Waals surface area contributed by atoms with Gasteiger partial charge >= 0.3 is 6.18 Å². The summed E-state index contributed by atoms with van der Waals surface area (Å²) in [6.45, 7) is 9.87. The molecule has 2 rings (SSSR count). The normalized spacial score (nSPS) is 17.0. The minimum absolute atomic E-state index is 0. The molecule has 2 heterocycles. The fourth-order valence-electron chi connectivity index (χ4n) is 2.65. The van der Waals surface area contributed by atoms with Crippen LogP contribution in [0.25, 0.3) is 0 Å². The topological polar surface area (TPSA) is 65.4 Å². The number of anilines is 1. The molecule has 1 aromatic rings. The van der Waals surface area contributed by atoms with E-state index < -0.39 is 11.9 Å². The molecule has 1 saturated heterocycles. The fraction of sp³-hybridized carbons (Fsp3) is 0.688. The summed E-state index contributed by atoms with van der Waals surface area (Å²) in [5.41, 5.74) is -0.693. The van der Waals surface area contributed by atoms with Crippen LogP contribution in [0, 0.1) is 5.41 Å². The van der Waals surface area contributed by atoms with Crippen molar-refractivity contribution in [1.82, 2.24) is 20.2 Å². The molecule has 0 bridgehead atoms. The fourth-order valence-corrected chi connectivity index (χ4v) is 2.65. The molecule has 1 aliphatic heterocycles. The molecule has 0 aliphatic carbocycles. The third-order valence-electron chi connectivity index (χ3n) is 3.91. The Morgan fingerprint density at radius 3 is 2.69 bits per heavy atom. The van der Waals surface area contributed by atoms with Gasteiger partial charge in [-0.2, -0.15) is 13.2 Å². The van der Waals surface area contributed by atoms with Crippen LogP contribution in [0.3, 0.4) is 0 Å². The van der Waals surface area contributed by atoms with Gasteiger partial charge in [0.15, 0.2) is 5.96 Å². The van der Waals surface area contributed by atoms with Crippen LogP contribution in [0.5, 0.6) is 0 Å². The number of rotatable bonds is 5. The molecule has 6 nitrogen and oxygen atoms in total. The van der Waals surface area contributed by atoms with Crippen molar-refractivity contribution in [3.05, 3.63) is 18.0 Å². The standard InChI is InChI=1S/C16H25F3N6.HI/c1-4-20-14(25-10-6-15(2,3)11-25)23-9-8-22-13-21-7-5-12(24-13)16(17,18)19;/h5,7H,4,6,8-11H2,1-3H3,(H,20,23)(H,21,22,24);1H. The lowest BCUT2D eigenvalue weighted by atomic mass is 9.93. The van der Waals surface area contributed by atoms with Crippen molar-refractivity contribution in [3.8, 4) is 0 Å². The van der Waals surface area contributed by atoms with Crippen LogP contribution in [0.4, 0.5) is 19.1 Å². The maximum absolute atomic E-state index is 12.6. The van der Waals surface area contributed by atoms with Crippen LogP contribution in [0.2, 0.25) is 0 Å². The third kappa shape index (κ3) is 6.76. The summed E-state index contributed by atoms with van der Waals surface area (Å²) in [5.74, 6) is 0.789. The first-order chi connectivity index (χ1) is 11.7.